The molecule has 0 amide bonds. The van der Waals surface area contributed by atoms with Gasteiger partial charge < -0.3 is 24.6 Å². The maximum atomic E-state index is 12.6. The number of aliphatic hydroxyl groups excluding tert-OH is 2. The largest absolute Gasteiger partial charge is 0.472 e. The quantitative estimate of drug-likeness (QED) is 0.0237. The summed E-state index contributed by atoms with van der Waals surface area (Å²) in [6.07, 6.45) is 39.6. The van der Waals surface area contributed by atoms with E-state index in [1.54, 1.807) is 0 Å². The lowest BCUT2D eigenvalue weighted by Gasteiger charge is -2.20. The zero-order valence-corrected chi connectivity index (χ0v) is 35.1. The van der Waals surface area contributed by atoms with Gasteiger partial charge >= 0.3 is 19.8 Å². The smallest absolute Gasteiger partial charge is 0.462 e. The van der Waals surface area contributed by atoms with Crippen molar-refractivity contribution in [3.8, 4) is 0 Å². The minimum atomic E-state index is -4.62. The van der Waals surface area contributed by atoms with Crippen LogP contribution in [0.25, 0.3) is 0 Å². The molecule has 0 heterocycles. The molecule has 0 aliphatic heterocycles. The number of ether oxygens (including phenoxy) is 2. The molecule has 0 aromatic heterocycles. The lowest BCUT2D eigenvalue weighted by molar-refractivity contribution is -0.161. The van der Waals surface area contributed by atoms with Gasteiger partial charge in [-0.2, -0.15) is 0 Å². The van der Waals surface area contributed by atoms with Crippen molar-refractivity contribution in [2.24, 2.45) is 0 Å². The molecule has 3 N–H and O–H groups in total. The zero-order valence-electron chi connectivity index (χ0n) is 34.2. The number of carbonyl (C=O) groups is 2. The zero-order chi connectivity index (χ0) is 39.8. The van der Waals surface area contributed by atoms with Crippen molar-refractivity contribution in [1.29, 1.82) is 0 Å². The average Bonchev–Trinajstić information content (AvgIpc) is 3.16. The van der Waals surface area contributed by atoms with Gasteiger partial charge in [-0.3, -0.25) is 18.6 Å². The molecule has 3 atom stereocenters. The van der Waals surface area contributed by atoms with Gasteiger partial charge in [0, 0.05) is 12.8 Å². The van der Waals surface area contributed by atoms with Crippen molar-refractivity contribution >= 4 is 19.8 Å². The fourth-order valence-electron chi connectivity index (χ4n) is 5.77. The molecule has 0 bridgehead atoms. The van der Waals surface area contributed by atoms with E-state index in [1.807, 2.05) is 0 Å². The van der Waals surface area contributed by atoms with Gasteiger partial charge in [-0.05, 0) is 44.9 Å². The van der Waals surface area contributed by atoms with E-state index in [9.17, 15) is 24.2 Å². The van der Waals surface area contributed by atoms with Gasteiger partial charge in [0.1, 0.15) is 12.7 Å². The highest BCUT2D eigenvalue weighted by Crippen LogP contribution is 2.43. The summed E-state index contributed by atoms with van der Waals surface area (Å²) in [5, 5.41) is 18.3. The lowest BCUT2D eigenvalue weighted by atomic mass is 10.0. The first-order valence-corrected chi connectivity index (χ1v) is 22.9. The number of carbonyl (C=O) groups excluding carboxylic acids is 2. The molecule has 0 rings (SSSR count). The van der Waals surface area contributed by atoms with Gasteiger partial charge in [0.2, 0.25) is 0 Å². The standard InChI is InChI=1S/C43H79O10P/c1-3-5-7-9-11-13-15-17-19-20-21-23-25-27-29-31-33-35-43(47)53-41(39-52-54(48,49)51-37-40(45)36-44)38-50-42(46)34-32-30-28-26-24-22-18-16-14-12-10-8-6-4-2/h5,7,11,13,17,19,40-41,44-45H,3-4,6,8-10,12,14-16,18,20-39H2,1-2H3,(H,48,49)/b7-5-,13-11-,19-17-. The number of phosphoric ester groups is 1. The van der Waals surface area contributed by atoms with E-state index in [2.05, 4.69) is 54.8 Å². The molecule has 0 aromatic rings. The maximum Gasteiger partial charge on any atom is 0.472 e. The molecule has 0 radical (unpaired) electrons. The Morgan fingerprint density at radius 3 is 1.54 bits per heavy atom. The molecule has 0 aliphatic rings. The van der Waals surface area contributed by atoms with Crippen LogP contribution in [-0.2, 0) is 32.7 Å². The van der Waals surface area contributed by atoms with Gasteiger partial charge in [-0.15, -0.1) is 0 Å². The predicted octanol–water partition coefficient (Wildman–Crippen LogP) is 11.2. The Morgan fingerprint density at radius 1 is 0.574 bits per heavy atom. The van der Waals surface area contributed by atoms with Gasteiger partial charge in [0.25, 0.3) is 0 Å². The molecule has 3 unspecified atom stereocenters. The van der Waals surface area contributed by atoms with E-state index in [-0.39, 0.29) is 19.4 Å². The number of unbranched alkanes of at least 4 members (excludes halogenated alkanes) is 20. The van der Waals surface area contributed by atoms with Crippen LogP contribution in [-0.4, -0.2) is 65.7 Å². The van der Waals surface area contributed by atoms with Crippen LogP contribution >= 0.6 is 7.82 Å². The summed E-state index contributed by atoms with van der Waals surface area (Å²) < 4.78 is 32.7. The highest BCUT2D eigenvalue weighted by atomic mass is 31.2. The highest BCUT2D eigenvalue weighted by molar-refractivity contribution is 7.47. The number of aliphatic hydroxyl groups is 2. The Kier molecular flexibility index (Phi) is 38.1. The number of phosphoric acid groups is 1. The number of allylic oxidation sites excluding steroid dienone is 6. The van der Waals surface area contributed by atoms with Crippen LogP contribution in [0.1, 0.15) is 187 Å². The predicted molar refractivity (Wildman–Crippen MR) is 219 cm³/mol. The first-order valence-electron chi connectivity index (χ1n) is 21.4. The summed E-state index contributed by atoms with van der Waals surface area (Å²) in [6.45, 7) is 2.27. The summed E-state index contributed by atoms with van der Waals surface area (Å²) in [7, 11) is -4.62. The normalized spacial score (nSPS) is 14.2. The maximum absolute atomic E-state index is 12.6. The molecule has 0 aromatic carbocycles. The van der Waals surface area contributed by atoms with Crippen LogP contribution in [0, 0.1) is 0 Å². The molecule has 0 aliphatic carbocycles. The van der Waals surface area contributed by atoms with Crippen molar-refractivity contribution in [3.63, 3.8) is 0 Å². The molecule has 0 fully saturated rings. The minimum Gasteiger partial charge on any atom is -0.462 e. The molecule has 11 heteroatoms. The Balaban J connectivity index is 4.30. The van der Waals surface area contributed by atoms with Gasteiger partial charge in [0.15, 0.2) is 6.10 Å². The SMILES string of the molecule is CC/C=C\C/C=C\C/C=C\CCCCCCCCCC(=O)OC(COC(=O)CCCCCCCCCCCCCCCC)COP(=O)(O)OCC(O)CO. The van der Waals surface area contributed by atoms with E-state index in [4.69, 9.17) is 19.1 Å². The van der Waals surface area contributed by atoms with E-state index in [0.29, 0.717) is 12.8 Å². The van der Waals surface area contributed by atoms with Gasteiger partial charge in [0.05, 0.1) is 19.8 Å². The third kappa shape index (κ3) is 38.5. The average molecular weight is 787 g/mol. The van der Waals surface area contributed by atoms with Gasteiger partial charge in [-0.25, -0.2) is 4.57 Å². The van der Waals surface area contributed by atoms with Crippen LogP contribution in [0.5, 0.6) is 0 Å². The topological polar surface area (TPSA) is 149 Å². The van der Waals surface area contributed by atoms with E-state index >= 15 is 0 Å². The van der Waals surface area contributed by atoms with Crippen LogP contribution < -0.4 is 0 Å². The minimum absolute atomic E-state index is 0.174. The Morgan fingerprint density at radius 2 is 1.02 bits per heavy atom. The molecular formula is C43H79O10P. The number of hydrogen-bond donors (Lipinski definition) is 3. The second-order valence-electron chi connectivity index (χ2n) is 14.3. The Labute approximate surface area is 329 Å². The second kappa shape index (κ2) is 39.4. The summed E-state index contributed by atoms with van der Waals surface area (Å²) in [4.78, 5) is 35.0. The van der Waals surface area contributed by atoms with Crippen LogP contribution in [0.4, 0.5) is 0 Å². The van der Waals surface area contributed by atoms with Crippen molar-refractivity contribution < 1.29 is 47.8 Å². The summed E-state index contributed by atoms with van der Waals surface area (Å²) >= 11 is 0. The van der Waals surface area contributed by atoms with Crippen LogP contribution in [0.2, 0.25) is 0 Å². The van der Waals surface area contributed by atoms with Crippen molar-refractivity contribution in [3.05, 3.63) is 36.5 Å². The van der Waals surface area contributed by atoms with Gasteiger partial charge in [-0.1, -0.05) is 166 Å². The molecular weight excluding hydrogens is 707 g/mol. The summed E-state index contributed by atoms with van der Waals surface area (Å²) in [5.74, 6) is -0.932. The summed E-state index contributed by atoms with van der Waals surface area (Å²) in [5.41, 5.74) is 0. The highest BCUT2D eigenvalue weighted by Gasteiger charge is 2.27. The van der Waals surface area contributed by atoms with Crippen molar-refractivity contribution in [2.45, 2.75) is 199 Å². The Bertz CT molecular complexity index is 999. The number of hydrogen-bond acceptors (Lipinski definition) is 9. The third-order valence-corrected chi connectivity index (χ3v) is 10.0. The van der Waals surface area contributed by atoms with Crippen LogP contribution in [0.15, 0.2) is 36.5 Å². The van der Waals surface area contributed by atoms with Crippen molar-refractivity contribution in [1.82, 2.24) is 0 Å². The number of rotatable bonds is 40. The molecule has 0 spiro atoms. The van der Waals surface area contributed by atoms with Crippen molar-refractivity contribution in [2.75, 3.05) is 26.4 Å². The third-order valence-electron chi connectivity index (χ3n) is 9.06. The molecule has 316 valence electrons. The van der Waals surface area contributed by atoms with E-state index in [1.165, 1.54) is 77.0 Å². The monoisotopic (exact) mass is 787 g/mol. The Hall–Kier alpha value is -1.81. The summed E-state index contributed by atoms with van der Waals surface area (Å²) in [6, 6.07) is 0. The first-order chi connectivity index (χ1) is 26.2. The fraction of sp³-hybridized carbons (Fsp3) is 0.814. The molecule has 10 nitrogen and oxygen atoms in total. The molecule has 54 heavy (non-hydrogen) atoms. The van der Waals surface area contributed by atoms with Crippen LogP contribution in [0.3, 0.4) is 0 Å². The van der Waals surface area contributed by atoms with E-state index < -0.39 is 51.8 Å². The number of esters is 2. The lowest BCUT2D eigenvalue weighted by Crippen LogP contribution is -2.29. The second-order valence-corrected chi connectivity index (χ2v) is 15.8. The van der Waals surface area contributed by atoms with E-state index in [0.717, 1.165) is 70.6 Å². The molecule has 0 saturated carbocycles. The fourth-order valence-corrected chi connectivity index (χ4v) is 6.56. The first kappa shape index (κ1) is 52.2. The molecule has 0 saturated heterocycles.